The third-order valence-electron chi connectivity index (χ3n) is 5.75. The van der Waals surface area contributed by atoms with Crippen molar-refractivity contribution in [1.29, 1.82) is 0 Å². The molecule has 2 N–H and O–H groups in total. The van der Waals surface area contributed by atoms with Gasteiger partial charge in [-0.15, -0.1) is 0 Å². The first-order chi connectivity index (χ1) is 13.3. The van der Waals surface area contributed by atoms with Gasteiger partial charge in [0.2, 0.25) is 0 Å². The van der Waals surface area contributed by atoms with Crippen LogP contribution in [0.3, 0.4) is 0 Å². The van der Waals surface area contributed by atoms with Crippen molar-refractivity contribution in [2.75, 3.05) is 24.5 Å². The maximum absolute atomic E-state index is 11.8. The monoisotopic (exact) mass is 389 g/mol. The van der Waals surface area contributed by atoms with Crippen LogP contribution in [0.1, 0.15) is 32.1 Å². The number of carboxylic acids is 2. The van der Waals surface area contributed by atoms with Gasteiger partial charge in [0, 0.05) is 18.2 Å². The van der Waals surface area contributed by atoms with Crippen LogP contribution in [0.15, 0.2) is 36.0 Å². The lowest BCUT2D eigenvalue weighted by Gasteiger charge is -2.35. The predicted octanol–water partition coefficient (Wildman–Crippen LogP) is 2.47. The molecule has 2 saturated heterocycles. The summed E-state index contributed by atoms with van der Waals surface area (Å²) >= 11 is 0. The molecule has 0 amide bonds. The van der Waals surface area contributed by atoms with Crippen molar-refractivity contribution < 1.29 is 24.7 Å². The molecular weight excluding hydrogens is 366 g/mol. The van der Waals surface area contributed by atoms with Crippen LogP contribution < -0.4 is 4.90 Å². The molecule has 9 heteroatoms. The van der Waals surface area contributed by atoms with E-state index in [0.29, 0.717) is 12.5 Å². The van der Waals surface area contributed by atoms with E-state index in [2.05, 4.69) is 4.90 Å². The molecule has 0 spiro atoms. The van der Waals surface area contributed by atoms with Crippen LogP contribution in [-0.2, 0) is 9.59 Å². The van der Waals surface area contributed by atoms with Crippen LogP contribution in [0.25, 0.3) is 0 Å². The molecule has 2 heterocycles. The zero-order valence-corrected chi connectivity index (χ0v) is 15.4. The van der Waals surface area contributed by atoms with Gasteiger partial charge in [-0.1, -0.05) is 12.1 Å². The van der Waals surface area contributed by atoms with E-state index in [4.69, 9.17) is 5.11 Å². The lowest BCUT2D eigenvalue weighted by molar-refractivity contribution is -0.384. The number of hydrogen-bond acceptors (Lipinski definition) is 6. The number of carboxylic acid groups (broad SMARTS) is 2. The van der Waals surface area contributed by atoms with Gasteiger partial charge in [-0.3, -0.25) is 15.0 Å². The second kappa shape index (κ2) is 7.97. The third-order valence-corrected chi connectivity index (χ3v) is 5.75. The summed E-state index contributed by atoms with van der Waals surface area (Å²) in [5.74, 6) is -2.85. The van der Waals surface area contributed by atoms with E-state index in [1.165, 1.54) is 23.1 Å². The molecule has 0 bridgehead atoms. The van der Waals surface area contributed by atoms with Gasteiger partial charge in [0.05, 0.1) is 11.0 Å². The van der Waals surface area contributed by atoms with Crippen LogP contribution >= 0.6 is 0 Å². The van der Waals surface area contributed by atoms with Crippen molar-refractivity contribution in [3.8, 4) is 0 Å². The van der Waals surface area contributed by atoms with Crippen molar-refractivity contribution in [3.63, 3.8) is 0 Å². The quantitative estimate of drug-likeness (QED) is 0.395. The predicted molar refractivity (Wildman–Crippen MR) is 101 cm³/mol. The molecule has 150 valence electrons. The van der Waals surface area contributed by atoms with E-state index >= 15 is 0 Å². The van der Waals surface area contributed by atoms with E-state index in [9.17, 15) is 24.8 Å². The average Bonchev–Trinajstić information content (AvgIpc) is 3.20. The van der Waals surface area contributed by atoms with Gasteiger partial charge >= 0.3 is 11.9 Å². The highest BCUT2D eigenvalue weighted by Gasteiger charge is 2.44. The largest absolute Gasteiger partial charge is 0.478 e. The maximum Gasteiger partial charge on any atom is 0.352 e. The molecule has 0 saturated carbocycles. The molecule has 28 heavy (non-hydrogen) atoms. The number of benzene rings is 1. The Balaban J connectivity index is 1.99. The van der Waals surface area contributed by atoms with Crippen molar-refractivity contribution >= 4 is 23.3 Å². The second-order valence-corrected chi connectivity index (χ2v) is 7.24. The summed E-state index contributed by atoms with van der Waals surface area (Å²) in [5.41, 5.74) is -0.691. The van der Waals surface area contributed by atoms with E-state index < -0.39 is 22.6 Å². The molecule has 2 aliphatic heterocycles. The number of carbonyl (C=O) groups is 2. The molecule has 2 fully saturated rings. The number of rotatable bonds is 8. The topological polar surface area (TPSA) is 124 Å². The molecule has 2 aliphatic rings. The summed E-state index contributed by atoms with van der Waals surface area (Å²) in [5, 5.41) is 30.2. The summed E-state index contributed by atoms with van der Waals surface area (Å²) in [4.78, 5) is 37.6. The van der Waals surface area contributed by atoms with Crippen molar-refractivity contribution in [3.05, 3.63) is 46.2 Å². The van der Waals surface area contributed by atoms with Gasteiger partial charge in [0.15, 0.2) is 0 Å². The number of nitro benzene ring substituents is 1. The number of hydrogen-bond donors (Lipinski definition) is 2. The number of aliphatic carboxylic acids is 2. The van der Waals surface area contributed by atoms with E-state index in [1.54, 1.807) is 6.07 Å². The van der Waals surface area contributed by atoms with Crippen LogP contribution in [0, 0.1) is 10.1 Å². The molecule has 0 aromatic heterocycles. The Kier molecular flexibility index (Phi) is 5.64. The first-order valence-electron chi connectivity index (χ1n) is 9.28. The SMILES string of the molecule is O=C(O)/C=C(/C(=O)O)N(CCC12CCCN1CCC2)c1ccccc1[N+](=O)[O-]. The molecule has 9 nitrogen and oxygen atoms in total. The molecule has 3 rings (SSSR count). The minimum atomic E-state index is -1.44. The highest BCUT2D eigenvalue weighted by molar-refractivity contribution is 5.98. The molecule has 1 aromatic rings. The Hall–Kier alpha value is -2.94. The molecule has 1 aromatic carbocycles. The smallest absolute Gasteiger partial charge is 0.352 e. The minimum absolute atomic E-state index is 0.0331. The zero-order chi connectivity index (χ0) is 20.3. The fourth-order valence-electron chi connectivity index (χ4n) is 4.54. The average molecular weight is 389 g/mol. The second-order valence-electron chi connectivity index (χ2n) is 7.24. The fourth-order valence-corrected chi connectivity index (χ4v) is 4.54. The Morgan fingerprint density at radius 2 is 1.86 bits per heavy atom. The summed E-state index contributed by atoms with van der Waals surface area (Å²) in [6.07, 6.45) is 5.36. The van der Waals surface area contributed by atoms with Gasteiger partial charge in [0.25, 0.3) is 5.69 Å². The number of para-hydroxylation sites is 2. The first kappa shape index (κ1) is 19.8. The molecule has 0 unspecified atom stereocenters. The number of fused-ring (bicyclic) bond motifs is 1. The van der Waals surface area contributed by atoms with Crippen LogP contribution in [0.4, 0.5) is 11.4 Å². The summed E-state index contributed by atoms with van der Waals surface area (Å²) in [6.45, 7) is 2.19. The van der Waals surface area contributed by atoms with E-state index in [-0.39, 0.29) is 23.5 Å². The number of anilines is 1. The third kappa shape index (κ3) is 3.84. The lowest BCUT2D eigenvalue weighted by atomic mass is 9.90. The van der Waals surface area contributed by atoms with Crippen LogP contribution in [-0.4, -0.2) is 57.1 Å². The Bertz CT molecular complexity index is 812. The van der Waals surface area contributed by atoms with Crippen LogP contribution in [0.2, 0.25) is 0 Å². The number of nitro groups is 1. The molecule has 0 radical (unpaired) electrons. The van der Waals surface area contributed by atoms with Gasteiger partial charge in [-0.2, -0.15) is 0 Å². The van der Waals surface area contributed by atoms with Crippen molar-refractivity contribution in [1.82, 2.24) is 4.90 Å². The lowest BCUT2D eigenvalue weighted by Crippen LogP contribution is -2.42. The first-order valence-corrected chi connectivity index (χ1v) is 9.28. The van der Waals surface area contributed by atoms with Gasteiger partial charge in [0.1, 0.15) is 11.4 Å². The summed E-state index contributed by atoms with van der Waals surface area (Å²) in [6, 6.07) is 5.81. The normalized spacial score (nSPS) is 18.6. The van der Waals surface area contributed by atoms with E-state index in [1.807, 2.05) is 0 Å². The molecule has 0 aliphatic carbocycles. The zero-order valence-electron chi connectivity index (χ0n) is 15.4. The Morgan fingerprint density at radius 3 is 2.43 bits per heavy atom. The molecular formula is C19H23N3O6. The highest BCUT2D eigenvalue weighted by atomic mass is 16.6. The Labute approximate surface area is 162 Å². The maximum atomic E-state index is 11.8. The van der Waals surface area contributed by atoms with Crippen molar-refractivity contribution in [2.45, 2.75) is 37.6 Å². The van der Waals surface area contributed by atoms with Gasteiger partial charge in [-0.05, 0) is 51.3 Å². The summed E-state index contributed by atoms with van der Waals surface area (Å²) < 4.78 is 0. The van der Waals surface area contributed by atoms with Gasteiger partial charge in [-0.25, -0.2) is 9.59 Å². The van der Waals surface area contributed by atoms with Crippen LogP contribution in [0.5, 0.6) is 0 Å². The standard InChI is InChI=1S/C19H23N3O6/c23-17(24)13-16(18(25)26)21(14-5-1-2-6-15(14)22(27)28)12-9-19-7-3-10-20(19)11-4-8-19/h1-2,5-6,13H,3-4,7-12H2,(H,23,24)(H,25,26)/b16-13-. The van der Waals surface area contributed by atoms with Crippen molar-refractivity contribution in [2.24, 2.45) is 0 Å². The number of nitrogens with zero attached hydrogens (tertiary/aromatic N) is 3. The molecule has 0 atom stereocenters. The Morgan fingerprint density at radius 1 is 1.21 bits per heavy atom. The fraction of sp³-hybridized carbons (Fsp3) is 0.474. The minimum Gasteiger partial charge on any atom is -0.478 e. The summed E-state index contributed by atoms with van der Waals surface area (Å²) in [7, 11) is 0. The van der Waals surface area contributed by atoms with Gasteiger partial charge < -0.3 is 15.1 Å². The highest BCUT2D eigenvalue weighted by Crippen LogP contribution is 2.42. The van der Waals surface area contributed by atoms with E-state index in [0.717, 1.165) is 38.8 Å².